The first-order valence-corrected chi connectivity index (χ1v) is 8.90. The lowest BCUT2D eigenvalue weighted by Gasteiger charge is -2.17. The van der Waals surface area contributed by atoms with Gasteiger partial charge in [0, 0.05) is 11.1 Å². The highest BCUT2D eigenvalue weighted by atomic mass is 15.1. The molecule has 4 rings (SSSR count). The molecule has 0 saturated carbocycles. The molecular formula is C24H22N2. The molecule has 0 aliphatic rings. The van der Waals surface area contributed by atoms with Gasteiger partial charge in [-0.05, 0) is 49.6 Å². The third-order valence-corrected chi connectivity index (χ3v) is 4.87. The highest BCUT2D eigenvalue weighted by molar-refractivity contribution is 5.77. The van der Waals surface area contributed by atoms with Gasteiger partial charge in [0.05, 0.1) is 23.9 Å². The zero-order valence-corrected chi connectivity index (χ0v) is 15.4. The molecule has 0 bridgehead atoms. The minimum atomic E-state index is 1.13. The van der Waals surface area contributed by atoms with E-state index in [-0.39, 0.29) is 0 Å². The molecule has 1 heterocycles. The number of nitrogens with zero attached hydrogens (tertiary/aromatic N) is 2. The Balaban J connectivity index is 1.96. The van der Waals surface area contributed by atoms with Crippen LogP contribution in [0.1, 0.15) is 16.7 Å². The van der Waals surface area contributed by atoms with Crippen molar-refractivity contribution in [1.82, 2.24) is 9.55 Å². The van der Waals surface area contributed by atoms with Crippen LogP contribution in [-0.4, -0.2) is 9.55 Å². The van der Waals surface area contributed by atoms with Crippen molar-refractivity contribution in [2.75, 3.05) is 0 Å². The summed E-state index contributed by atoms with van der Waals surface area (Å²) in [7, 11) is 0. The number of aryl methyl sites for hydroxylation is 3. The summed E-state index contributed by atoms with van der Waals surface area (Å²) < 4.78 is 2.21. The number of hydrogen-bond acceptors (Lipinski definition) is 1. The normalized spacial score (nSPS) is 10.9. The Labute approximate surface area is 154 Å². The van der Waals surface area contributed by atoms with Crippen molar-refractivity contribution >= 4 is 0 Å². The van der Waals surface area contributed by atoms with Gasteiger partial charge >= 0.3 is 0 Å². The van der Waals surface area contributed by atoms with Gasteiger partial charge in [-0.2, -0.15) is 0 Å². The summed E-state index contributed by atoms with van der Waals surface area (Å²) in [5.41, 5.74) is 9.74. The fourth-order valence-corrected chi connectivity index (χ4v) is 3.60. The number of rotatable bonds is 3. The van der Waals surface area contributed by atoms with Gasteiger partial charge in [-0.3, -0.25) is 4.57 Å². The van der Waals surface area contributed by atoms with Crippen molar-refractivity contribution in [2.45, 2.75) is 20.8 Å². The fraction of sp³-hybridized carbons (Fsp3) is 0.125. The van der Waals surface area contributed by atoms with Crippen molar-refractivity contribution in [3.05, 3.63) is 95.9 Å². The molecular weight excluding hydrogens is 316 g/mol. The highest BCUT2D eigenvalue weighted by Crippen LogP contribution is 2.33. The summed E-state index contributed by atoms with van der Waals surface area (Å²) in [5.74, 6) is 0. The first-order valence-electron chi connectivity index (χ1n) is 8.90. The van der Waals surface area contributed by atoms with Crippen LogP contribution in [0.3, 0.4) is 0 Å². The van der Waals surface area contributed by atoms with Crippen molar-refractivity contribution in [1.29, 1.82) is 0 Å². The van der Waals surface area contributed by atoms with E-state index in [2.05, 4.69) is 97.1 Å². The largest absolute Gasteiger partial charge is 0.298 e. The molecule has 0 fully saturated rings. The second-order valence-electron chi connectivity index (χ2n) is 6.80. The quantitative estimate of drug-likeness (QED) is 0.439. The van der Waals surface area contributed by atoms with Crippen molar-refractivity contribution in [3.63, 3.8) is 0 Å². The lowest BCUT2D eigenvalue weighted by Crippen LogP contribution is -2.00. The van der Waals surface area contributed by atoms with Crippen molar-refractivity contribution < 1.29 is 0 Å². The summed E-state index contributed by atoms with van der Waals surface area (Å²) in [6.07, 6.45) is 3.88. The Kier molecular flexibility index (Phi) is 4.18. The molecule has 0 spiro atoms. The Bertz CT molecular complexity index is 1040. The van der Waals surface area contributed by atoms with Crippen LogP contribution >= 0.6 is 0 Å². The molecule has 1 aromatic heterocycles. The predicted octanol–water partition coefficient (Wildman–Crippen LogP) is 6.13. The maximum atomic E-state index is 4.48. The summed E-state index contributed by atoms with van der Waals surface area (Å²) in [6.45, 7) is 6.45. The molecule has 0 aliphatic heterocycles. The van der Waals surface area contributed by atoms with Crippen LogP contribution in [0.15, 0.2) is 79.3 Å². The standard InChI is InChI=1S/C24H22N2/c1-17-12-13-22(21(14-17)20-10-5-4-6-11-20)26-16-25-15-23(26)24-18(2)8-7-9-19(24)3/h4-16H,1-3H3. The molecule has 3 aromatic carbocycles. The number of hydrogen-bond donors (Lipinski definition) is 0. The van der Waals surface area contributed by atoms with Gasteiger partial charge in [0.2, 0.25) is 0 Å². The average molecular weight is 338 g/mol. The van der Waals surface area contributed by atoms with Gasteiger partial charge in [-0.1, -0.05) is 60.2 Å². The summed E-state index contributed by atoms with van der Waals surface area (Å²) >= 11 is 0. The third-order valence-electron chi connectivity index (χ3n) is 4.87. The monoisotopic (exact) mass is 338 g/mol. The second kappa shape index (κ2) is 6.64. The van der Waals surface area contributed by atoms with E-state index >= 15 is 0 Å². The van der Waals surface area contributed by atoms with Gasteiger partial charge in [0.25, 0.3) is 0 Å². The smallest absolute Gasteiger partial charge is 0.0997 e. The second-order valence-corrected chi connectivity index (χ2v) is 6.80. The molecule has 2 heteroatoms. The molecule has 0 unspecified atom stereocenters. The first-order chi connectivity index (χ1) is 12.6. The maximum absolute atomic E-state index is 4.48. The highest BCUT2D eigenvalue weighted by Gasteiger charge is 2.15. The molecule has 0 N–H and O–H groups in total. The molecule has 128 valence electrons. The molecule has 26 heavy (non-hydrogen) atoms. The van der Waals surface area contributed by atoms with E-state index in [0.717, 1.165) is 11.4 Å². The van der Waals surface area contributed by atoms with Gasteiger partial charge in [-0.25, -0.2) is 4.98 Å². The fourth-order valence-electron chi connectivity index (χ4n) is 3.60. The van der Waals surface area contributed by atoms with E-state index in [0.29, 0.717) is 0 Å². The van der Waals surface area contributed by atoms with Gasteiger partial charge in [0.1, 0.15) is 0 Å². The number of imidazole rings is 1. The van der Waals surface area contributed by atoms with E-state index in [9.17, 15) is 0 Å². The van der Waals surface area contributed by atoms with Gasteiger partial charge in [0.15, 0.2) is 0 Å². The van der Waals surface area contributed by atoms with Crippen molar-refractivity contribution in [2.24, 2.45) is 0 Å². The van der Waals surface area contributed by atoms with Crippen LogP contribution in [0.25, 0.3) is 28.1 Å². The molecule has 0 radical (unpaired) electrons. The minimum Gasteiger partial charge on any atom is -0.298 e. The van der Waals surface area contributed by atoms with E-state index in [4.69, 9.17) is 0 Å². The van der Waals surface area contributed by atoms with Crippen LogP contribution < -0.4 is 0 Å². The Morgan fingerprint density at radius 3 is 2.23 bits per heavy atom. The third kappa shape index (κ3) is 2.84. The van der Waals surface area contributed by atoms with Crippen molar-refractivity contribution in [3.8, 4) is 28.1 Å². The zero-order valence-electron chi connectivity index (χ0n) is 15.4. The summed E-state index contributed by atoms with van der Waals surface area (Å²) in [6, 6.07) is 23.6. The van der Waals surface area contributed by atoms with Crippen LogP contribution in [-0.2, 0) is 0 Å². The van der Waals surface area contributed by atoms with E-state index in [1.54, 1.807) is 0 Å². The summed E-state index contributed by atoms with van der Waals surface area (Å²) in [5, 5.41) is 0. The Morgan fingerprint density at radius 2 is 1.50 bits per heavy atom. The van der Waals surface area contributed by atoms with E-state index < -0.39 is 0 Å². The lowest BCUT2D eigenvalue weighted by molar-refractivity contribution is 1.06. The molecule has 0 atom stereocenters. The lowest BCUT2D eigenvalue weighted by atomic mass is 9.98. The van der Waals surface area contributed by atoms with Crippen LogP contribution in [0.4, 0.5) is 0 Å². The van der Waals surface area contributed by atoms with Gasteiger partial charge in [-0.15, -0.1) is 0 Å². The Hall–Kier alpha value is -3.13. The molecule has 0 saturated heterocycles. The SMILES string of the molecule is Cc1ccc(-n2cncc2-c2c(C)cccc2C)c(-c2ccccc2)c1. The summed E-state index contributed by atoms with van der Waals surface area (Å²) in [4.78, 5) is 4.48. The number of aromatic nitrogens is 2. The topological polar surface area (TPSA) is 17.8 Å². The zero-order chi connectivity index (χ0) is 18.1. The average Bonchev–Trinajstić information content (AvgIpc) is 3.11. The minimum absolute atomic E-state index is 1.13. The molecule has 0 amide bonds. The molecule has 4 aromatic rings. The molecule has 2 nitrogen and oxygen atoms in total. The predicted molar refractivity (Wildman–Crippen MR) is 109 cm³/mol. The Morgan fingerprint density at radius 1 is 0.769 bits per heavy atom. The number of benzene rings is 3. The van der Waals surface area contributed by atoms with Gasteiger partial charge < -0.3 is 0 Å². The van der Waals surface area contributed by atoms with Crippen LogP contribution in [0.5, 0.6) is 0 Å². The maximum Gasteiger partial charge on any atom is 0.0997 e. The van der Waals surface area contributed by atoms with E-state index in [1.165, 1.54) is 33.4 Å². The van der Waals surface area contributed by atoms with Crippen LogP contribution in [0, 0.1) is 20.8 Å². The first kappa shape index (κ1) is 16.3. The van der Waals surface area contributed by atoms with E-state index in [1.807, 2.05) is 12.5 Å². The van der Waals surface area contributed by atoms with Crippen LogP contribution in [0.2, 0.25) is 0 Å². The molecule has 0 aliphatic carbocycles.